The van der Waals surface area contributed by atoms with Crippen LogP contribution in [0.5, 0.6) is 11.5 Å². The highest BCUT2D eigenvalue weighted by Gasteiger charge is 2.18. The topological polar surface area (TPSA) is 37.8 Å². The molecule has 0 radical (unpaired) electrons. The minimum atomic E-state index is 0.604. The van der Waals surface area contributed by atoms with Crippen LogP contribution >= 0.6 is 0 Å². The van der Waals surface area contributed by atoms with Crippen molar-refractivity contribution in [1.82, 2.24) is 4.98 Å². The molecule has 0 unspecified atom stereocenters. The standard InChI is InChI=1S/C29H39N3O2/c1-7-31(8-2)22-13-15-25(28(19-22)33-11-5)24-17-18-30-21-27(24)26-16-14-23(32(9-3)10-4)20-29(26)34-12-6/h13-21H,7-12H2,1-6H3. The van der Waals surface area contributed by atoms with E-state index in [0.29, 0.717) is 13.2 Å². The fraction of sp³-hybridized carbons (Fsp3) is 0.414. The van der Waals surface area contributed by atoms with E-state index in [1.807, 2.05) is 26.2 Å². The molecule has 0 amide bonds. The third kappa shape index (κ3) is 5.46. The second-order valence-electron chi connectivity index (χ2n) is 7.99. The molecule has 0 spiro atoms. The Morgan fingerprint density at radius 1 is 0.588 bits per heavy atom. The van der Waals surface area contributed by atoms with Crippen LogP contribution in [0.4, 0.5) is 11.4 Å². The van der Waals surface area contributed by atoms with Crippen LogP contribution in [0.1, 0.15) is 41.5 Å². The zero-order chi connectivity index (χ0) is 24.5. The second kappa shape index (κ2) is 12.3. The lowest BCUT2D eigenvalue weighted by Gasteiger charge is -2.24. The number of anilines is 2. The van der Waals surface area contributed by atoms with Crippen LogP contribution in [0.2, 0.25) is 0 Å². The van der Waals surface area contributed by atoms with Crippen molar-refractivity contribution in [2.75, 3.05) is 49.2 Å². The van der Waals surface area contributed by atoms with Crippen molar-refractivity contribution in [2.24, 2.45) is 0 Å². The maximum atomic E-state index is 6.13. The van der Waals surface area contributed by atoms with E-state index in [4.69, 9.17) is 9.47 Å². The van der Waals surface area contributed by atoms with Crippen LogP contribution in [-0.2, 0) is 0 Å². The van der Waals surface area contributed by atoms with Crippen LogP contribution < -0.4 is 19.3 Å². The maximum absolute atomic E-state index is 6.13. The minimum Gasteiger partial charge on any atom is -0.493 e. The van der Waals surface area contributed by atoms with E-state index < -0.39 is 0 Å². The average Bonchev–Trinajstić information content (AvgIpc) is 2.86. The molecule has 0 saturated carbocycles. The Bertz CT molecular complexity index is 974. The molecular weight excluding hydrogens is 422 g/mol. The van der Waals surface area contributed by atoms with E-state index in [-0.39, 0.29) is 0 Å². The smallest absolute Gasteiger partial charge is 0.129 e. The Labute approximate surface area is 205 Å². The maximum Gasteiger partial charge on any atom is 0.129 e. The molecule has 3 rings (SSSR count). The van der Waals surface area contributed by atoms with Crippen molar-refractivity contribution in [3.8, 4) is 33.8 Å². The Hall–Kier alpha value is -3.21. The van der Waals surface area contributed by atoms with E-state index >= 15 is 0 Å². The second-order valence-corrected chi connectivity index (χ2v) is 7.99. The highest BCUT2D eigenvalue weighted by atomic mass is 16.5. The molecule has 0 aliphatic rings. The summed E-state index contributed by atoms with van der Waals surface area (Å²) in [6, 6.07) is 15.1. The van der Waals surface area contributed by atoms with Gasteiger partial charge in [-0.15, -0.1) is 0 Å². The highest BCUT2D eigenvalue weighted by Crippen LogP contribution is 2.42. The molecule has 34 heavy (non-hydrogen) atoms. The molecule has 1 heterocycles. The predicted octanol–water partition coefficient (Wildman–Crippen LogP) is 6.91. The zero-order valence-electron chi connectivity index (χ0n) is 21.6. The Morgan fingerprint density at radius 3 is 1.50 bits per heavy atom. The Kier molecular flexibility index (Phi) is 9.20. The third-order valence-corrected chi connectivity index (χ3v) is 6.19. The van der Waals surface area contributed by atoms with Crippen LogP contribution in [0.25, 0.3) is 22.3 Å². The summed E-state index contributed by atoms with van der Waals surface area (Å²) in [5.41, 5.74) is 6.56. The number of hydrogen-bond donors (Lipinski definition) is 0. The number of hydrogen-bond acceptors (Lipinski definition) is 5. The summed E-state index contributed by atoms with van der Waals surface area (Å²) in [7, 11) is 0. The number of rotatable bonds is 12. The lowest BCUT2D eigenvalue weighted by molar-refractivity contribution is 0.341. The van der Waals surface area contributed by atoms with Crippen molar-refractivity contribution in [3.05, 3.63) is 54.9 Å². The molecule has 5 heteroatoms. The molecule has 0 aliphatic heterocycles. The molecule has 0 saturated heterocycles. The summed E-state index contributed by atoms with van der Waals surface area (Å²) in [6.07, 6.45) is 3.77. The number of benzene rings is 2. The summed E-state index contributed by atoms with van der Waals surface area (Å²) >= 11 is 0. The van der Waals surface area contributed by atoms with Crippen LogP contribution in [0.3, 0.4) is 0 Å². The zero-order valence-corrected chi connectivity index (χ0v) is 21.6. The third-order valence-electron chi connectivity index (χ3n) is 6.19. The van der Waals surface area contributed by atoms with E-state index in [1.165, 1.54) is 11.4 Å². The first-order chi connectivity index (χ1) is 16.6. The van der Waals surface area contributed by atoms with Crippen molar-refractivity contribution in [2.45, 2.75) is 41.5 Å². The van der Waals surface area contributed by atoms with Crippen molar-refractivity contribution in [3.63, 3.8) is 0 Å². The van der Waals surface area contributed by atoms with Crippen LogP contribution in [-0.4, -0.2) is 44.4 Å². The molecule has 1 aromatic heterocycles. The summed E-state index contributed by atoms with van der Waals surface area (Å²) < 4.78 is 12.3. The van der Waals surface area contributed by atoms with Gasteiger partial charge in [0.15, 0.2) is 0 Å². The van der Waals surface area contributed by atoms with Gasteiger partial charge in [-0.25, -0.2) is 0 Å². The van der Waals surface area contributed by atoms with Crippen LogP contribution in [0.15, 0.2) is 54.9 Å². The van der Waals surface area contributed by atoms with Gasteiger partial charge in [0, 0.05) is 78.8 Å². The minimum absolute atomic E-state index is 0.604. The van der Waals surface area contributed by atoms with Gasteiger partial charge in [-0.2, -0.15) is 0 Å². The summed E-state index contributed by atoms with van der Waals surface area (Å²) in [6.45, 7) is 17.8. The van der Waals surface area contributed by atoms with Gasteiger partial charge in [0.25, 0.3) is 0 Å². The number of nitrogens with zero attached hydrogens (tertiary/aromatic N) is 3. The Balaban J connectivity index is 2.16. The van der Waals surface area contributed by atoms with E-state index in [2.05, 4.69) is 84.9 Å². The SMILES string of the molecule is CCOc1cc(N(CC)CC)ccc1-c1ccncc1-c1ccc(N(CC)CC)cc1OCC. The van der Waals surface area contributed by atoms with Crippen LogP contribution in [0, 0.1) is 0 Å². The normalized spacial score (nSPS) is 10.8. The van der Waals surface area contributed by atoms with E-state index in [0.717, 1.165) is 59.9 Å². The molecule has 182 valence electrons. The molecule has 0 N–H and O–H groups in total. The summed E-state index contributed by atoms with van der Waals surface area (Å²) in [5.74, 6) is 1.76. The first-order valence-electron chi connectivity index (χ1n) is 12.6. The molecule has 0 aliphatic carbocycles. The molecule has 2 aromatic carbocycles. The van der Waals surface area contributed by atoms with Crippen molar-refractivity contribution in [1.29, 1.82) is 0 Å². The fourth-order valence-electron chi connectivity index (χ4n) is 4.43. The summed E-state index contributed by atoms with van der Waals surface area (Å²) in [5, 5.41) is 0. The van der Waals surface area contributed by atoms with E-state index in [9.17, 15) is 0 Å². The number of pyridine rings is 1. The molecule has 0 atom stereocenters. The highest BCUT2D eigenvalue weighted by molar-refractivity contribution is 5.89. The fourth-order valence-corrected chi connectivity index (χ4v) is 4.43. The predicted molar refractivity (Wildman–Crippen MR) is 145 cm³/mol. The van der Waals surface area contributed by atoms with Gasteiger partial charge >= 0.3 is 0 Å². The monoisotopic (exact) mass is 461 g/mol. The molecule has 5 nitrogen and oxygen atoms in total. The lowest BCUT2D eigenvalue weighted by Crippen LogP contribution is -2.21. The molecule has 3 aromatic rings. The van der Waals surface area contributed by atoms with Crippen molar-refractivity contribution < 1.29 is 9.47 Å². The molecule has 0 bridgehead atoms. The van der Waals surface area contributed by atoms with E-state index in [1.54, 1.807) is 0 Å². The van der Waals surface area contributed by atoms with Gasteiger partial charge in [-0.3, -0.25) is 4.98 Å². The molecular formula is C29H39N3O2. The molecule has 0 fully saturated rings. The number of ether oxygens (including phenoxy) is 2. The Morgan fingerprint density at radius 2 is 1.06 bits per heavy atom. The van der Waals surface area contributed by atoms with Gasteiger partial charge < -0.3 is 19.3 Å². The first kappa shape index (κ1) is 25.4. The largest absolute Gasteiger partial charge is 0.493 e. The van der Waals surface area contributed by atoms with Gasteiger partial charge in [0.1, 0.15) is 11.5 Å². The van der Waals surface area contributed by atoms with Gasteiger partial charge in [-0.1, -0.05) is 0 Å². The van der Waals surface area contributed by atoms with Gasteiger partial charge in [0.05, 0.1) is 13.2 Å². The first-order valence-corrected chi connectivity index (χ1v) is 12.6. The number of aromatic nitrogens is 1. The lowest BCUT2D eigenvalue weighted by atomic mass is 9.94. The summed E-state index contributed by atoms with van der Waals surface area (Å²) in [4.78, 5) is 9.13. The van der Waals surface area contributed by atoms with Gasteiger partial charge in [-0.05, 0) is 77.4 Å². The average molecular weight is 462 g/mol. The van der Waals surface area contributed by atoms with Gasteiger partial charge in [0.2, 0.25) is 0 Å². The van der Waals surface area contributed by atoms with Crippen molar-refractivity contribution >= 4 is 11.4 Å². The quantitative estimate of drug-likeness (QED) is 0.293.